The van der Waals surface area contributed by atoms with Crippen LogP contribution in [0.1, 0.15) is 75.3 Å². The van der Waals surface area contributed by atoms with Crippen molar-refractivity contribution >= 4 is 6.09 Å². The largest absolute Gasteiger partial charge is 0.478 e. The van der Waals surface area contributed by atoms with Gasteiger partial charge in [0.2, 0.25) is 5.88 Å². The van der Waals surface area contributed by atoms with Gasteiger partial charge in [0.1, 0.15) is 11.4 Å². The Labute approximate surface area is 236 Å². The number of carbonyl (C=O) groups excluding carboxylic acids is 1. The maximum atomic E-state index is 13.6. The number of ether oxygens (including phenoxy) is 3. The average Bonchev–Trinajstić information content (AvgIpc) is 3.88. The smallest absolute Gasteiger partial charge is 0.414 e. The molecule has 1 aromatic carbocycles. The molecular formula is C32H40FN3O4. The topological polar surface area (TPSA) is 64.1 Å². The molecule has 2 aromatic rings. The molecule has 40 heavy (non-hydrogen) atoms. The molecule has 2 saturated carbocycles. The van der Waals surface area contributed by atoms with Crippen LogP contribution in [-0.2, 0) is 16.0 Å². The van der Waals surface area contributed by atoms with E-state index in [1.807, 2.05) is 11.8 Å². The molecule has 2 saturated heterocycles. The number of hydrogen-bond donors (Lipinski definition) is 0. The fourth-order valence-corrected chi connectivity index (χ4v) is 6.16. The summed E-state index contributed by atoms with van der Waals surface area (Å²) in [5.41, 5.74) is 6.30. The SMILES string of the molecule is CCOc1nc(-c2ccc(F)cc2)c(C2CC2)cc1CN1CCC2(CC1)CN(C(CCCOC)=C1CC1)C(=O)O2. The summed E-state index contributed by atoms with van der Waals surface area (Å²) >= 11 is 0. The molecule has 0 N–H and O–H groups in total. The summed E-state index contributed by atoms with van der Waals surface area (Å²) in [4.78, 5) is 22.3. The molecule has 2 aliphatic heterocycles. The van der Waals surface area contributed by atoms with Gasteiger partial charge in [0, 0.05) is 63.0 Å². The molecule has 3 heterocycles. The Morgan fingerprint density at radius 1 is 1.18 bits per heavy atom. The van der Waals surface area contributed by atoms with Crippen molar-refractivity contribution < 1.29 is 23.4 Å². The number of hydrogen-bond acceptors (Lipinski definition) is 6. The highest BCUT2D eigenvalue weighted by atomic mass is 19.1. The predicted molar refractivity (Wildman–Crippen MR) is 151 cm³/mol. The molecule has 0 atom stereocenters. The van der Waals surface area contributed by atoms with Gasteiger partial charge in [-0.15, -0.1) is 0 Å². The van der Waals surface area contributed by atoms with Gasteiger partial charge < -0.3 is 14.2 Å². The number of amides is 1. The first-order valence-electron chi connectivity index (χ1n) is 14.8. The second-order valence-corrected chi connectivity index (χ2v) is 11.7. The van der Waals surface area contributed by atoms with Gasteiger partial charge in [0.05, 0.1) is 18.8 Å². The van der Waals surface area contributed by atoms with Crippen LogP contribution in [0.15, 0.2) is 41.6 Å². The van der Waals surface area contributed by atoms with Gasteiger partial charge in [-0.05, 0) is 92.8 Å². The summed E-state index contributed by atoms with van der Waals surface area (Å²) in [7, 11) is 1.72. The summed E-state index contributed by atoms with van der Waals surface area (Å²) in [6, 6.07) is 8.86. The molecular weight excluding hydrogens is 509 g/mol. The van der Waals surface area contributed by atoms with E-state index in [-0.39, 0.29) is 11.9 Å². The van der Waals surface area contributed by atoms with E-state index in [0.717, 1.165) is 87.8 Å². The Hall–Kier alpha value is -2.97. The quantitative estimate of drug-likeness (QED) is 0.301. The van der Waals surface area contributed by atoms with Gasteiger partial charge in [-0.2, -0.15) is 0 Å². The van der Waals surface area contributed by atoms with Crippen LogP contribution >= 0.6 is 0 Å². The fraction of sp³-hybridized carbons (Fsp3) is 0.562. The molecule has 2 aliphatic carbocycles. The summed E-state index contributed by atoms with van der Waals surface area (Å²) in [5.74, 6) is 0.903. The number of halogens is 1. The van der Waals surface area contributed by atoms with E-state index in [2.05, 4.69) is 11.0 Å². The van der Waals surface area contributed by atoms with Crippen molar-refractivity contribution in [1.29, 1.82) is 0 Å². The number of benzene rings is 1. The third-order valence-electron chi connectivity index (χ3n) is 8.63. The number of pyridine rings is 1. The lowest BCUT2D eigenvalue weighted by Gasteiger charge is -2.37. The monoisotopic (exact) mass is 549 g/mol. The van der Waals surface area contributed by atoms with Gasteiger partial charge >= 0.3 is 6.09 Å². The van der Waals surface area contributed by atoms with Crippen molar-refractivity contribution in [1.82, 2.24) is 14.8 Å². The molecule has 6 rings (SSSR count). The number of rotatable bonds is 11. The molecule has 8 heteroatoms. The first-order valence-corrected chi connectivity index (χ1v) is 14.8. The zero-order chi connectivity index (χ0) is 27.7. The Morgan fingerprint density at radius 2 is 1.93 bits per heavy atom. The van der Waals surface area contributed by atoms with Gasteiger partial charge in [-0.3, -0.25) is 9.80 Å². The molecule has 4 fully saturated rings. The Kier molecular flexibility index (Phi) is 7.82. The summed E-state index contributed by atoms with van der Waals surface area (Å²) in [6.07, 6.45) is 7.71. The number of carbonyl (C=O) groups is 1. The van der Waals surface area contributed by atoms with Crippen molar-refractivity contribution in [3.8, 4) is 17.1 Å². The predicted octanol–water partition coefficient (Wildman–Crippen LogP) is 6.43. The summed E-state index contributed by atoms with van der Waals surface area (Å²) < 4.78 is 31.0. The highest BCUT2D eigenvalue weighted by Crippen LogP contribution is 2.46. The average molecular weight is 550 g/mol. The normalized spacial score (nSPS) is 20.2. The minimum Gasteiger partial charge on any atom is -0.478 e. The molecule has 4 aliphatic rings. The van der Waals surface area contributed by atoms with Crippen LogP contribution in [-0.4, -0.2) is 66.4 Å². The van der Waals surface area contributed by atoms with Crippen LogP contribution in [0.2, 0.25) is 0 Å². The van der Waals surface area contributed by atoms with E-state index >= 15 is 0 Å². The first kappa shape index (κ1) is 27.2. The molecule has 214 valence electrons. The second-order valence-electron chi connectivity index (χ2n) is 11.7. The summed E-state index contributed by atoms with van der Waals surface area (Å²) in [6.45, 7) is 6.29. The number of likely N-dealkylation sites (tertiary alicyclic amines) is 1. The number of allylic oxidation sites excluding steroid dienone is 2. The van der Waals surface area contributed by atoms with Crippen LogP contribution in [0.3, 0.4) is 0 Å². The lowest BCUT2D eigenvalue weighted by Crippen LogP contribution is -2.46. The van der Waals surface area contributed by atoms with E-state index < -0.39 is 5.60 Å². The van der Waals surface area contributed by atoms with Crippen molar-refractivity contribution in [2.24, 2.45) is 0 Å². The van der Waals surface area contributed by atoms with Crippen molar-refractivity contribution in [2.75, 3.05) is 40.0 Å². The minimum absolute atomic E-state index is 0.187. The number of aromatic nitrogens is 1. The van der Waals surface area contributed by atoms with Crippen LogP contribution in [0.25, 0.3) is 11.3 Å². The highest BCUT2D eigenvalue weighted by Gasteiger charge is 2.48. The lowest BCUT2D eigenvalue weighted by molar-refractivity contribution is -0.00136. The second kappa shape index (κ2) is 11.5. The molecule has 0 unspecified atom stereocenters. The van der Waals surface area contributed by atoms with E-state index in [1.165, 1.54) is 29.0 Å². The van der Waals surface area contributed by atoms with Crippen LogP contribution < -0.4 is 4.74 Å². The van der Waals surface area contributed by atoms with E-state index in [4.69, 9.17) is 19.2 Å². The molecule has 1 amide bonds. The standard InChI is InChI=1S/C32H40FN3O4/c1-3-39-30-25(19-27(22-6-7-22)29(34-30)24-10-12-26(33)13-11-24)20-35-16-14-32(15-17-35)21-36(31(37)40-32)28(23-8-9-23)5-4-18-38-2/h10-13,19,22H,3-9,14-18,20-21H2,1-2H3. The van der Waals surface area contributed by atoms with E-state index in [9.17, 15) is 9.18 Å². The third-order valence-corrected chi connectivity index (χ3v) is 8.63. The summed E-state index contributed by atoms with van der Waals surface area (Å²) in [5, 5.41) is 0. The molecule has 7 nitrogen and oxygen atoms in total. The van der Waals surface area contributed by atoms with Gasteiger partial charge in [0.25, 0.3) is 0 Å². The number of piperidine rings is 1. The van der Waals surface area contributed by atoms with Gasteiger partial charge in [-0.1, -0.05) is 0 Å². The molecule has 0 radical (unpaired) electrons. The Bertz CT molecular complexity index is 1260. The van der Waals surface area contributed by atoms with Crippen LogP contribution in [0.4, 0.5) is 9.18 Å². The number of methoxy groups -OCH3 is 1. The Morgan fingerprint density at radius 3 is 2.58 bits per heavy atom. The van der Waals surface area contributed by atoms with Crippen molar-refractivity contribution in [2.45, 2.75) is 76.4 Å². The molecule has 1 aromatic heterocycles. The minimum atomic E-state index is -0.415. The van der Waals surface area contributed by atoms with Gasteiger partial charge in [0.15, 0.2) is 0 Å². The Balaban J connectivity index is 1.15. The fourth-order valence-electron chi connectivity index (χ4n) is 6.16. The van der Waals surface area contributed by atoms with Crippen molar-refractivity contribution in [3.63, 3.8) is 0 Å². The van der Waals surface area contributed by atoms with E-state index in [1.54, 1.807) is 19.2 Å². The third kappa shape index (κ3) is 5.88. The highest BCUT2D eigenvalue weighted by molar-refractivity contribution is 5.73. The first-order chi connectivity index (χ1) is 19.5. The van der Waals surface area contributed by atoms with Gasteiger partial charge in [-0.25, -0.2) is 14.2 Å². The maximum absolute atomic E-state index is 13.6. The lowest BCUT2D eigenvalue weighted by atomic mass is 9.90. The van der Waals surface area contributed by atoms with E-state index in [0.29, 0.717) is 31.6 Å². The van der Waals surface area contributed by atoms with Crippen LogP contribution in [0.5, 0.6) is 5.88 Å². The van der Waals surface area contributed by atoms with Crippen LogP contribution in [0, 0.1) is 5.82 Å². The molecule has 0 bridgehead atoms. The molecule has 1 spiro atoms. The number of nitrogens with zero attached hydrogens (tertiary/aromatic N) is 3. The zero-order valence-corrected chi connectivity index (χ0v) is 23.7. The maximum Gasteiger partial charge on any atom is 0.414 e. The van der Waals surface area contributed by atoms with Crippen molar-refractivity contribution in [3.05, 3.63) is 58.5 Å². The zero-order valence-electron chi connectivity index (χ0n) is 23.7.